The zero-order chi connectivity index (χ0) is 20.5. The minimum absolute atomic E-state index is 0.162. The molecule has 30 heavy (non-hydrogen) atoms. The van der Waals surface area contributed by atoms with E-state index in [1.54, 1.807) is 12.4 Å². The number of aromatic nitrogens is 2. The first-order valence-corrected chi connectivity index (χ1v) is 9.84. The van der Waals surface area contributed by atoms with Gasteiger partial charge in [0.15, 0.2) is 11.5 Å². The van der Waals surface area contributed by atoms with Gasteiger partial charge in [-0.15, -0.1) is 0 Å². The van der Waals surface area contributed by atoms with Gasteiger partial charge in [0.25, 0.3) is 0 Å². The van der Waals surface area contributed by atoms with Crippen molar-refractivity contribution in [1.29, 1.82) is 0 Å². The predicted octanol–water partition coefficient (Wildman–Crippen LogP) is 4.62. The Bertz CT molecular complexity index is 1210. The zero-order valence-corrected chi connectivity index (χ0v) is 16.5. The van der Waals surface area contributed by atoms with Gasteiger partial charge in [-0.3, -0.25) is 4.98 Å². The number of rotatable bonds is 4. The quantitative estimate of drug-likeness (QED) is 0.522. The van der Waals surface area contributed by atoms with E-state index in [0.717, 1.165) is 33.6 Å². The number of pyridine rings is 2. The van der Waals surface area contributed by atoms with Crippen LogP contribution in [0.3, 0.4) is 0 Å². The van der Waals surface area contributed by atoms with E-state index in [9.17, 15) is 5.11 Å². The van der Waals surface area contributed by atoms with Gasteiger partial charge < -0.3 is 19.9 Å². The molecule has 0 aliphatic carbocycles. The van der Waals surface area contributed by atoms with Crippen LogP contribution in [0.25, 0.3) is 10.9 Å². The molecule has 0 bridgehead atoms. The molecule has 2 N–H and O–H groups in total. The number of fused-ring (bicyclic) bond motifs is 2. The number of ether oxygens (including phenoxy) is 2. The second-order valence-corrected chi connectivity index (χ2v) is 7.25. The van der Waals surface area contributed by atoms with E-state index in [1.165, 1.54) is 0 Å². The summed E-state index contributed by atoms with van der Waals surface area (Å²) in [6, 6.07) is 17.1. The van der Waals surface area contributed by atoms with E-state index in [0.29, 0.717) is 24.5 Å². The molecule has 5 rings (SSSR count). The van der Waals surface area contributed by atoms with Crippen molar-refractivity contribution in [1.82, 2.24) is 9.97 Å². The van der Waals surface area contributed by atoms with Crippen molar-refractivity contribution in [2.24, 2.45) is 0 Å². The summed E-state index contributed by atoms with van der Waals surface area (Å²) in [5, 5.41) is 15.5. The Morgan fingerprint density at radius 2 is 1.83 bits per heavy atom. The van der Waals surface area contributed by atoms with Gasteiger partial charge in [-0.2, -0.15) is 0 Å². The number of nitrogens with one attached hydrogen (secondary N) is 1. The van der Waals surface area contributed by atoms with Crippen molar-refractivity contribution in [2.45, 2.75) is 13.0 Å². The zero-order valence-electron chi connectivity index (χ0n) is 16.5. The molecule has 0 saturated carbocycles. The minimum atomic E-state index is -0.326. The Balaban J connectivity index is 1.60. The summed E-state index contributed by atoms with van der Waals surface area (Å²) < 4.78 is 11.3. The van der Waals surface area contributed by atoms with Crippen molar-refractivity contribution in [2.75, 3.05) is 18.5 Å². The van der Waals surface area contributed by atoms with Crippen LogP contribution in [0.4, 0.5) is 5.69 Å². The van der Waals surface area contributed by atoms with Gasteiger partial charge in [0, 0.05) is 40.8 Å². The van der Waals surface area contributed by atoms with Gasteiger partial charge in [0.05, 0.1) is 6.04 Å². The normalized spacial score (nSPS) is 13.8. The number of nitrogens with zero attached hydrogens (tertiary/aromatic N) is 2. The lowest BCUT2D eigenvalue weighted by Gasteiger charge is -2.24. The number of phenolic OH excluding ortho intramolecular Hbond substituents is 1. The number of phenols is 1. The monoisotopic (exact) mass is 399 g/mol. The highest BCUT2D eigenvalue weighted by atomic mass is 16.6. The Morgan fingerprint density at radius 3 is 2.67 bits per heavy atom. The molecule has 1 aliphatic rings. The molecular formula is C24H21N3O3. The number of benzene rings is 2. The van der Waals surface area contributed by atoms with Crippen LogP contribution in [-0.2, 0) is 0 Å². The molecule has 2 aromatic heterocycles. The van der Waals surface area contributed by atoms with Crippen LogP contribution < -0.4 is 14.8 Å². The first-order chi connectivity index (χ1) is 14.7. The number of hydrogen-bond acceptors (Lipinski definition) is 6. The molecule has 0 spiro atoms. The van der Waals surface area contributed by atoms with Crippen LogP contribution in [0.15, 0.2) is 67.0 Å². The Kier molecular flexibility index (Phi) is 4.59. The highest BCUT2D eigenvalue weighted by Gasteiger charge is 2.21. The summed E-state index contributed by atoms with van der Waals surface area (Å²) in [6.07, 6.45) is 3.53. The molecule has 150 valence electrons. The Morgan fingerprint density at radius 1 is 1.00 bits per heavy atom. The second kappa shape index (κ2) is 7.55. The predicted molar refractivity (Wildman–Crippen MR) is 115 cm³/mol. The molecule has 2 aromatic carbocycles. The third-order valence-corrected chi connectivity index (χ3v) is 5.19. The number of hydrogen-bond donors (Lipinski definition) is 2. The van der Waals surface area contributed by atoms with E-state index < -0.39 is 0 Å². The largest absolute Gasteiger partial charge is 0.505 e. The Labute approximate surface area is 174 Å². The summed E-state index contributed by atoms with van der Waals surface area (Å²) in [5.74, 6) is 1.60. The maximum atomic E-state index is 11.1. The number of aryl methyl sites for hydroxylation is 1. The smallest absolute Gasteiger partial charge is 0.163 e. The molecule has 1 atom stereocenters. The van der Waals surface area contributed by atoms with Crippen LogP contribution in [-0.4, -0.2) is 28.3 Å². The van der Waals surface area contributed by atoms with Gasteiger partial charge in [0.1, 0.15) is 24.5 Å². The third kappa shape index (κ3) is 3.37. The SMILES string of the molecule is Cc1ccc2ccc(C(Nc3ccc4c(c3)OCCO4)c3cccnc3)c(O)c2n1. The highest BCUT2D eigenvalue weighted by molar-refractivity contribution is 5.86. The van der Waals surface area contributed by atoms with Crippen molar-refractivity contribution >= 4 is 16.6 Å². The summed E-state index contributed by atoms with van der Waals surface area (Å²) in [5.41, 5.74) is 3.95. The standard InChI is InChI=1S/C24H21N3O3/c1-15-4-5-16-6-8-19(24(28)23(16)26-15)22(17-3-2-10-25-14-17)27-18-7-9-20-21(13-18)30-12-11-29-20/h2-10,13-14,22,27-28H,11-12H2,1H3. The van der Waals surface area contributed by atoms with Gasteiger partial charge in [-0.25, -0.2) is 4.98 Å². The topological polar surface area (TPSA) is 76.5 Å². The van der Waals surface area contributed by atoms with Gasteiger partial charge >= 0.3 is 0 Å². The Hall–Kier alpha value is -3.80. The van der Waals surface area contributed by atoms with E-state index in [2.05, 4.69) is 15.3 Å². The van der Waals surface area contributed by atoms with Crippen molar-refractivity contribution in [3.63, 3.8) is 0 Å². The first-order valence-electron chi connectivity index (χ1n) is 9.84. The van der Waals surface area contributed by atoms with Crippen LogP contribution in [0.2, 0.25) is 0 Å². The average molecular weight is 399 g/mol. The fraction of sp³-hybridized carbons (Fsp3) is 0.167. The van der Waals surface area contributed by atoms with Crippen LogP contribution in [0, 0.1) is 6.92 Å². The third-order valence-electron chi connectivity index (χ3n) is 5.19. The summed E-state index contributed by atoms with van der Waals surface area (Å²) in [6.45, 7) is 2.99. The molecule has 0 saturated heterocycles. The summed E-state index contributed by atoms with van der Waals surface area (Å²) in [4.78, 5) is 8.81. The molecule has 3 heterocycles. The summed E-state index contributed by atoms with van der Waals surface area (Å²) >= 11 is 0. The fourth-order valence-electron chi connectivity index (χ4n) is 3.71. The van der Waals surface area contributed by atoms with Crippen molar-refractivity contribution in [3.8, 4) is 17.2 Å². The lowest BCUT2D eigenvalue weighted by Crippen LogP contribution is -2.16. The van der Waals surface area contributed by atoms with Crippen LogP contribution >= 0.6 is 0 Å². The van der Waals surface area contributed by atoms with Crippen LogP contribution in [0.1, 0.15) is 22.9 Å². The van der Waals surface area contributed by atoms with E-state index in [-0.39, 0.29) is 11.8 Å². The van der Waals surface area contributed by atoms with Gasteiger partial charge in [-0.1, -0.05) is 24.3 Å². The van der Waals surface area contributed by atoms with Gasteiger partial charge in [-0.05, 0) is 36.8 Å². The molecule has 6 heteroatoms. The van der Waals surface area contributed by atoms with Crippen molar-refractivity contribution < 1.29 is 14.6 Å². The maximum Gasteiger partial charge on any atom is 0.163 e. The highest BCUT2D eigenvalue weighted by Crippen LogP contribution is 2.38. The van der Waals surface area contributed by atoms with E-state index in [1.807, 2.05) is 61.5 Å². The summed E-state index contributed by atoms with van der Waals surface area (Å²) in [7, 11) is 0. The van der Waals surface area contributed by atoms with E-state index >= 15 is 0 Å². The molecule has 0 fully saturated rings. The molecule has 6 nitrogen and oxygen atoms in total. The maximum absolute atomic E-state index is 11.1. The lowest BCUT2D eigenvalue weighted by atomic mass is 9.97. The number of anilines is 1. The molecule has 4 aromatic rings. The minimum Gasteiger partial charge on any atom is -0.505 e. The molecule has 1 unspecified atom stereocenters. The van der Waals surface area contributed by atoms with Gasteiger partial charge in [0.2, 0.25) is 0 Å². The number of aromatic hydroxyl groups is 1. The average Bonchev–Trinajstić information content (AvgIpc) is 2.79. The van der Waals surface area contributed by atoms with Crippen LogP contribution in [0.5, 0.6) is 17.2 Å². The molecular weight excluding hydrogens is 378 g/mol. The molecule has 0 amide bonds. The molecule has 0 radical (unpaired) electrons. The first kappa shape index (κ1) is 18.2. The van der Waals surface area contributed by atoms with Crippen molar-refractivity contribution in [3.05, 3.63) is 83.8 Å². The fourth-order valence-corrected chi connectivity index (χ4v) is 3.71. The second-order valence-electron chi connectivity index (χ2n) is 7.25. The molecule has 1 aliphatic heterocycles. The van der Waals surface area contributed by atoms with E-state index in [4.69, 9.17) is 9.47 Å². The lowest BCUT2D eigenvalue weighted by molar-refractivity contribution is 0.171.